The monoisotopic (exact) mass is 293 g/mol. The zero-order valence-electron chi connectivity index (χ0n) is 12.4. The molecule has 0 saturated carbocycles. The summed E-state index contributed by atoms with van der Waals surface area (Å²) in [6, 6.07) is 6.21. The number of carbonyl (C=O) groups is 3. The molecule has 0 aliphatic heterocycles. The van der Waals surface area contributed by atoms with E-state index in [4.69, 9.17) is 0 Å². The first-order valence-corrected chi connectivity index (χ1v) is 6.58. The van der Waals surface area contributed by atoms with Gasteiger partial charge in [0.05, 0.1) is 19.8 Å². The first kappa shape index (κ1) is 16.7. The van der Waals surface area contributed by atoms with Crippen molar-refractivity contribution in [2.24, 2.45) is 0 Å². The maximum absolute atomic E-state index is 12.4. The number of benzene rings is 1. The molecular formula is C15H19NO5. The van der Waals surface area contributed by atoms with Crippen LogP contribution in [0.1, 0.15) is 34.1 Å². The average molecular weight is 293 g/mol. The van der Waals surface area contributed by atoms with Gasteiger partial charge in [0.1, 0.15) is 6.54 Å². The third-order valence-corrected chi connectivity index (χ3v) is 2.86. The van der Waals surface area contributed by atoms with Crippen molar-refractivity contribution in [2.45, 2.75) is 13.3 Å². The van der Waals surface area contributed by atoms with Gasteiger partial charge in [-0.15, -0.1) is 0 Å². The standard InChI is InChI=1S/C15H19NO5/c1-4-8-16(10-13(17)20-2)14(18)11-6-5-7-12(9-11)15(19)21-3/h5-7,9H,4,8,10H2,1-3H3. The molecule has 1 rings (SSSR count). The van der Waals surface area contributed by atoms with Gasteiger partial charge in [0, 0.05) is 12.1 Å². The zero-order valence-corrected chi connectivity index (χ0v) is 12.4. The summed E-state index contributed by atoms with van der Waals surface area (Å²) in [4.78, 5) is 36.7. The Labute approximate surface area is 123 Å². The summed E-state index contributed by atoms with van der Waals surface area (Å²) >= 11 is 0. The molecule has 21 heavy (non-hydrogen) atoms. The lowest BCUT2D eigenvalue weighted by atomic mass is 10.1. The van der Waals surface area contributed by atoms with Crippen LogP contribution in [0.25, 0.3) is 0 Å². The average Bonchev–Trinajstić information content (AvgIpc) is 2.52. The Morgan fingerprint density at radius 3 is 2.33 bits per heavy atom. The summed E-state index contributed by atoms with van der Waals surface area (Å²) in [5.41, 5.74) is 0.619. The van der Waals surface area contributed by atoms with Gasteiger partial charge in [0.15, 0.2) is 0 Å². The molecule has 0 spiro atoms. The molecule has 6 nitrogen and oxygen atoms in total. The fourth-order valence-electron chi connectivity index (χ4n) is 1.82. The molecule has 0 bridgehead atoms. The second-order valence-corrected chi connectivity index (χ2v) is 4.38. The Morgan fingerprint density at radius 2 is 1.76 bits per heavy atom. The van der Waals surface area contributed by atoms with Crippen LogP contribution in [0.3, 0.4) is 0 Å². The number of amides is 1. The largest absolute Gasteiger partial charge is 0.468 e. The highest BCUT2D eigenvalue weighted by molar-refractivity contribution is 5.99. The highest BCUT2D eigenvalue weighted by Crippen LogP contribution is 2.10. The number of nitrogens with zero attached hydrogens (tertiary/aromatic N) is 1. The summed E-state index contributed by atoms with van der Waals surface area (Å²) in [5, 5.41) is 0. The van der Waals surface area contributed by atoms with Crippen molar-refractivity contribution in [3.63, 3.8) is 0 Å². The topological polar surface area (TPSA) is 72.9 Å². The van der Waals surface area contributed by atoms with E-state index in [1.807, 2.05) is 6.92 Å². The van der Waals surface area contributed by atoms with Gasteiger partial charge in [-0.3, -0.25) is 9.59 Å². The van der Waals surface area contributed by atoms with E-state index in [0.29, 0.717) is 18.5 Å². The van der Waals surface area contributed by atoms with Gasteiger partial charge in [-0.05, 0) is 24.6 Å². The molecule has 0 saturated heterocycles. The van der Waals surface area contributed by atoms with Crippen molar-refractivity contribution >= 4 is 17.8 Å². The molecule has 1 aromatic rings. The number of carbonyl (C=O) groups excluding carboxylic acids is 3. The molecule has 0 N–H and O–H groups in total. The van der Waals surface area contributed by atoms with Crippen LogP contribution in [0.4, 0.5) is 0 Å². The van der Waals surface area contributed by atoms with E-state index in [9.17, 15) is 14.4 Å². The van der Waals surface area contributed by atoms with Gasteiger partial charge in [0.2, 0.25) is 0 Å². The van der Waals surface area contributed by atoms with Gasteiger partial charge < -0.3 is 14.4 Å². The number of rotatable bonds is 6. The fourth-order valence-corrected chi connectivity index (χ4v) is 1.82. The number of ether oxygens (including phenoxy) is 2. The van der Waals surface area contributed by atoms with Gasteiger partial charge in [0.25, 0.3) is 5.91 Å². The van der Waals surface area contributed by atoms with Gasteiger partial charge in [-0.1, -0.05) is 13.0 Å². The lowest BCUT2D eigenvalue weighted by Gasteiger charge is -2.21. The zero-order chi connectivity index (χ0) is 15.8. The van der Waals surface area contributed by atoms with Crippen LogP contribution in [-0.2, 0) is 14.3 Å². The first-order valence-electron chi connectivity index (χ1n) is 6.58. The summed E-state index contributed by atoms with van der Waals surface area (Å²) in [6.45, 7) is 2.21. The van der Waals surface area contributed by atoms with Crippen LogP contribution in [0, 0.1) is 0 Å². The molecule has 0 aliphatic carbocycles. The van der Waals surface area contributed by atoms with Crippen LogP contribution in [0.5, 0.6) is 0 Å². The minimum atomic E-state index is -0.514. The van der Waals surface area contributed by atoms with Crippen molar-refractivity contribution in [1.29, 1.82) is 0 Å². The molecule has 0 unspecified atom stereocenters. The van der Waals surface area contributed by atoms with Crippen molar-refractivity contribution in [3.8, 4) is 0 Å². The molecule has 1 amide bonds. The van der Waals surface area contributed by atoms with E-state index >= 15 is 0 Å². The van der Waals surface area contributed by atoms with E-state index in [1.54, 1.807) is 18.2 Å². The maximum atomic E-state index is 12.4. The normalized spacial score (nSPS) is 9.86. The summed E-state index contributed by atoms with van der Waals surface area (Å²) in [6.07, 6.45) is 0.708. The molecule has 0 heterocycles. The molecule has 0 radical (unpaired) electrons. The van der Waals surface area contributed by atoms with Crippen LogP contribution >= 0.6 is 0 Å². The highest BCUT2D eigenvalue weighted by Gasteiger charge is 2.19. The molecule has 6 heteroatoms. The van der Waals surface area contributed by atoms with Crippen molar-refractivity contribution in [2.75, 3.05) is 27.3 Å². The molecule has 0 fully saturated rings. The Hall–Kier alpha value is -2.37. The van der Waals surface area contributed by atoms with E-state index in [2.05, 4.69) is 9.47 Å². The number of hydrogen-bond acceptors (Lipinski definition) is 5. The van der Waals surface area contributed by atoms with E-state index < -0.39 is 11.9 Å². The molecule has 1 aromatic carbocycles. The minimum absolute atomic E-state index is 0.119. The second kappa shape index (κ2) is 8.04. The Balaban J connectivity index is 2.97. The Morgan fingerprint density at radius 1 is 1.10 bits per heavy atom. The predicted octanol–water partition coefficient (Wildman–Crippen LogP) is 1.50. The third-order valence-electron chi connectivity index (χ3n) is 2.86. The SMILES string of the molecule is CCCN(CC(=O)OC)C(=O)c1cccc(C(=O)OC)c1. The second-order valence-electron chi connectivity index (χ2n) is 4.38. The van der Waals surface area contributed by atoms with E-state index in [-0.39, 0.29) is 18.0 Å². The van der Waals surface area contributed by atoms with Gasteiger partial charge in [-0.25, -0.2) is 4.79 Å². The van der Waals surface area contributed by atoms with Crippen LogP contribution < -0.4 is 0 Å². The Bertz CT molecular complexity index is 527. The number of esters is 2. The van der Waals surface area contributed by atoms with Crippen LogP contribution in [0.15, 0.2) is 24.3 Å². The molecule has 0 aliphatic rings. The smallest absolute Gasteiger partial charge is 0.337 e. The van der Waals surface area contributed by atoms with Gasteiger partial charge >= 0.3 is 11.9 Å². The molecule has 0 aromatic heterocycles. The van der Waals surface area contributed by atoms with Crippen LogP contribution in [0.2, 0.25) is 0 Å². The number of hydrogen-bond donors (Lipinski definition) is 0. The summed E-state index contributed by atoms with van der Waals surface area (Å²) < 4.78 is 9.21. The molecule has 0 atom stereocenters. The predicted molar refractivity (Wildman–Crippen MR) is 76.0 cm³/mol. The minimum Gasteiger partial charge on any atom is -0.468 e. The fraction of sp³-hybridized carbons (Fsp3) is 0.400. The summed E-state index contributed by atoms with van der Waals surface area (Å²) in [7, 11) is 2.55. The Kier molecular flexibility index (Phi) is 6.39. The first-order chi connectivity index (χ1) is 10.0. The van der Waals surface area contributed by atoms with Crippen molar-refractivity contribution < 1.29 is 23.9 Å². The lowest BCUT2D eigenvalue weighted by Crippen LogP contribution is -2.36. The van der Waals surface area contributed by atoms with E-state index in [1.165, 1.54) is 25.2 Å². The number of methoxy groups -OCH3 is 2. The highest BCUT2D eigenvalue weighted by atomic mass is 16.5. The third kappa shape index (κ3) is 4.59. The van der Waals surface area contributed by atoms with Crippen molar-refractivity contribution in [3.05, 3.63) is 35.4 Å². The summed E-state index contributed by atoms with van der Waals surface area (Å²) in [5.74, 6) is -1.33. The quantitative estimate of drug-likeness (QED) is 0.743. The maximum Gasteiger partial charge on any atom is 0.337 e. The van der Waals surface area contributed by atoms with Crippen LogP contribution in [-0.4, -0.2) is 50.1 Å². The van der Waals surface area contributed by atoms with Gasteiger partial charge in [-0.2, -0.15) is 0 Å². The molecule has 114 valence electrons. The lowest BCUT2D eigenvalue weighted by molar-refractivity contribution is -0.141. The van der Waals surface area contributed by atoms with Crippen molar-refractivity contribution in [1.82, 2.24) is 4.90 Å². The molecular weight excluding hydrogens is 274 g/mol. The van der Waals surface area contributed by atoms with E-state index in [0.717, 1.165) is 0 Å².